The number of pyridine rings is 1. The van der Waals surface area contributed by atoms with E-state index in [2.05, 4.69) is 37.6 Å². The highest BCUT2D eigenvalue weighted by atomic mass is 35.5. The second kappa shape index (κ2) is 8.61. The van der Waals surface area contributed by atoms with Gasteiger partial charge in [0.15, 0.2) is 0 Å². The van der Waals surface area contributed by atoms with E-state index in [4.69, 9.17) is 11.6 Å². The van der Waals surface area contributed by atoms with E-state index in [1.807, 2.05) is 30.3 Å². The normalized spacial score (nSPS) is 14.0. The number of nitrogens with one attached hydrogen (secondary N) is 2. The predicted octanol–water partition coefficient (Wildman–Crippen LogP) is 3.80. The summed E-state index contributed by atoms with van der Waals surface area (Å²) in [7, 11) is 1.72. The number of aromatic nitrogens is 3. The van der Waals surface area contributed by atoms with Crippen LogP contribution in [-0.2, 0) is 7.05 Å². The lowest BCUT2D eigenvalue weighted by molar-refractivity contribution is 0.589. The fraction of sp³-hybridized carbons (Fsp3) is 0.208. The molecule has 0 bridgehead atoms. The first-order valence-corrected chi connectivity index (χ1v) is 10.9. The molecule has 0 aliphatic carbocycles. The van der Waals surface area contributed by atoms with Gasteiger partial charge in [-0.1, -0.05) is 35.9 Å². The van der Waals surface area contributed by atoms with Crippen LogP contribution >= 0.6 is 11.6 Å². The summed E-state index contributed by atoms with van der Waals surface area (Å²) >= 11 is 6.32. The molecule has 0 spiro atoms. The van der Waals surface area contributed by atoms with Crippen molar-refractivity contribution in [3.63, 3.8) is 0 Å². The topological polar surface area (TPSA) is 75.1 Å². The van der Waals surface area contributed by atoms with E-state index in [1.165, 1.54) is 4.57 Å². The first-order valence-electron chi connectivity index (χ1n) is 10.5. The van der Waals surface area contributed by atoms with Gasteiger partial charge in [0.1, 0.15) is 5.65 Å². The van der Waals surface area contributed by atoms with Crippen molar-refractivity contribution < 1.29 is 0 Å². The van der Waals surface area contributed by atoms with Crippen LogP contribution in [0.4, 0.5) is 17.3 Å². The third-order valence-corrected chi connectivity index (χ3v) is 6.03. The lowest BCUT2D eigenvalue weighted by Gasteiger charge is -2.29. The Balaban J connectivity index is 1.48. The number of halogens is 1. The Morgan fingerprint density at radius 3 is 2.66 bits per heavy atom. The third kappa shape index (κ3) is 3.92. The molecule has 3 heterocycles. The molecule has 1 aliphatic rings. The highest BCUT2D eigenvalue weighted by Gasteiger charge is 2.14. The largest absolute Gasteiger partial charge is 0.369 e. The first-order chi connectivity index (χ1) is 15.6. The van der Waals surface area contributed by atoms with Gasteiger partial charge in [0, 0.05) is 72.3 Å². The van der Waals surface area contributed by atoms with Crippen molar-refractivity contribution in [2.24, 2.45) is 7.05 Å². The van der Waals surface area contributed by atoms with Crippen LogP contribution in [0.25, 0.3) is 22.2 Å². The summed E-state index contributed by atoms with van der Waals surface area (Å²) in [6.07, 6.45) is 1.73. The minimum atomic E-state index is -0.157. The van der Waals surface area contributed by atoms with Gasteiger partial charge in [-0.05, 0) is 30.3 Å². The molecular weight excluding hydrogens is 424 g/mol. The van der Waals surface area contributed by atoms with Crippen LogP contribution in [0.2, 0.25) is 5.02 Å². The van der Waals surface area contributed by atoms with E-state index >= 15 is 0 Å². The minimum absolute atomic E-state index is 0.157. The molecular formula is C24H23ClN6O. The van der Waals surface area contributed by atoms with Crippen LogP contribution in [0.5, 0.6) is 0 Å². The average Bonchev–Trinajstić information content (AvgIpc) is 2.83. The van der Waals surface area contributed by atoms with Crippen LogP contribution in [0.1, 0.15) is 0 Å². The molecule has 2 N–H and O–H groups in total. The number of benzene rings is 2. The summed E-state index contributed by atoms with van der Waals surface area (Å²) in [5, 5.41) is 7.95. The van der Waals surface area contributed by atoms with Crippen molar-refractivity contribution in [2.45, 2.75) is 0 Å². The summed E-state index contributed by atoms with van der Waals surface area (Å²) in [6.45, 7) is 3.92. The zero-order valence-electron chi connectivity index (χ0n) is 17.7. The smallest absolute Gasteiger partial charge is 0.259 e. The second-order valence-corrected chi connectivity index (χ2v) is 8.19. The fourth-order valence-corrected chi connectivity index (χ4v) is 4.25. The molecule has 0 radical (unpaired) electrons. The van der Waals surface area contributed by atoms with E-state index in [0.717, 1.165) is 42.9 Å². The molecule has 0 atom stereocenters. The van der Waals surface area contributed by atoms with E-state index < -0.39 is 0 Å². The van der Waals surface area contributed by atoms with Crippen LogP contribution in [0.15, 0.2) is 65.6 Å². The number of nitrogens with zero attached hydrogens (tertiary/aromatic N) is 4. The van der Waals surface area contributed by atoms with Crippen LogP contribution < -0.4 is 21.1 Å². The summed E-state index contributed by atoms with van der Waals surface area (Å²) in [4.78, 5) is 24.5. The molecule has 1 saturated heterocycles. The Morgan fingerprint density at radius 1 is 1.03 bits per heavy atom. The molecule has 0 saturated carbocycles. The van der Waals surface area contributed by atoms with Crippen LogP contribution in [0, 0.1) is 0 Å². The molecule has 0 unspecified atom stereocenters. The molecule has 4 aromatic rings. The van der Waals surface area contributed by atoms with Crippen LogP contribution in [-0.4, -0.2) is 40.7 Å². The standard InChI is InChI=1S/C24H23ClN6O/c1-30-22-16(13-20(23(30)32)19-7-2-3-8-21(19)25)15-27-24(29-22)28-17-5-4-6-18(14-17)31-11-9-26-10-12-31/h2-8,13-15,26H,9-12H2,1H3,(H,27,28,29). The van der Waals surface area contributed by atoms with Crippen molar-refractivity contribution in [2.75, 3.05) is 36.4 Å². The Bertz CT molecular complexity index is 1350. The summed E-state index contributed by atoms with van der Waals surface area (Å²) in [6, 6.07) is 17.3. The number of hydrogen-bond acceptors (Lipinski definition) is 6. The van der Waals surface area contributed by atoms with Crippen molar-refractivity contribution in [3.8, 4) is 11.1 Å². The van der Waals surface area contributed by atoms with Gasteiger partial charge < -0.3 is 15.5 Å². The van der Waals surface area contributed by atoms with Crippen molar-refractivity contribution in [1.29, 1.82) is 0 Å². The molecule has 0 amide bonds. The number of fused-ring (bicyclic) bond motifs is 1. The Hall–Kier alpha value is -3.42. The Morgan fingerprint density at radius 2 is 1.84 bits per heavy atom. The zero-order valence-corrected chi connectivity index (χ0v) is 18.4. The molecule has 2 aromatic carbocycles. The fourth-order valence-electron chi connectivity index (χ4n) is 4.01. The molecule has 1 aliphatic heterocycles. The maximum atomic E-state index is 13.0. The van der Waals surface area contributed by atoms with Crippen LogP contribution in [0.3, 0.4) is 0 Å². The van der Waals surface area contributed by atoms with E-state index in [1.54, 1.807) is 25.4 Å². The highest BCUT2D eigenvalue weighted by Crippen LogP contribution is 2.27. The maximum absolute atomic E-state index is 13.0. The monoisotopic (exact) mass is 446 g/mol. The first kappa shape index (κ1) is 20.5. The van der Waals surface area contributed by atoms with Gasteiger partial charge in [-0.2, -0.15) is 4.98 Å². The molecule has 7 nitrogen and oxygen atoms in total. The lowest BCUT2D eigenvalue weighted by atomic mass is 10.1. The highest BCUT2D eigenvalue weighted by molar-refractivity contribution is 6.33. The quantitative estimate of drug-likeness (QED) is 0.496. The average molecular weight is 447 g/mol. The van der Waals surface area contributed by atoms with E-state index in [0.29, 0.717) is 27.7 Å². The number of anilines is 3. The van der Waals surface area contributed by atoms with Crippen molar-refractivity contribution in [1.82, 2.24) is 19.9 Å². The van der Waals surface area contributed by atoms with Gasteiger partial charge in [-0.3, -0.25) is 9.36 Å². The maximum Gasteiger partial charge on any atom is 0.259 e. The second-order valence-electron chi connectivity index (χ2n) is 7.79. The van der Waals surface area contributed by atoms with Crippen molar-refractivity contribution >= 4 is 40.0 Å². The van der Waals surface area contributed by atoms with Crippen molar-refractivity contribution in [3.05, 3.63) is 76.2 Å². The van der Waals surface area contributed by atoms with Gasteiger partial charge in [0.2, 0.25) is 5.95 Å². The predicted molar refractivity (Wildman–Crippen MR) is 130 cm³/mol. The molecule has 8 heteroatoms. The molecule has 1 fully saturated rings. The van der Waals surface area contributed by atoms with Gasteiger partial charge in [0.05, 0.1) is 0 Å². The Labute approximate surface area is 190 Å². The molecule has 32 heavy (non-hydrogen) atoms. The zero-order chi connectivity index (χ0) is 22.1. The lowest BCUT2D eigenvalue weighted by Crippen LogP contribution is -2.43. The molecule has 2 aromatic heterocycles. The number of piperazine rings is 1. The van der Waals surface area contributed by atoms with Gasteiger partial charge in [-0.25, -0.2) is 4.98 Å². The number of hydrogen-bond donors (Lipinski definition) is 2. The Kier molecular flexibility index (Phi) is 5.51. The molecule has 162 valence electrons. The number of aryl methyl sites for hydroxylation is 1. The van der Waals surface area contributed by atoms with E-state index in [9.17, 15) is 4.79 Å². The van der Waals surface area contributed by atoms with Gasteiger partial charge >= 0.3 is 0 Å². The summed E-state index contributed by atoms with van der Waals surface area (Å²) in [5.41, 5.74) is 3.69. The third-order valence-electron chi connectivity index (χ3n) is 5.70. The molecule has 5 rings (SSSR count). The summed E-state index contributed by atoms with van der Waals surface area (Å²) in [5.74, 6) is 0.440. The summed E-state index contributed by atoms with van der Waals surface area (Å²) < 4.78 is 1.54. The number of rotatable bonds is 4. The minimum Gasteiger partial charge on any atom is -0.369 e. The van der Waals surface area contributed by atoms with Gasteiger partial charge in [-0.15, -0.1) is 0 Å². The van der Waals surface area contributed by atoms with Gasteiger partial charge in [0.25, 0.3) is 5.56 Å². The SMILES string of the molecule is Cn1c(=O)c(-c2ccccc2Cl)cc2cnc(Nc3cccc(N4CCNCC4)c3)nc21. The van der Waals surface area contributed by atoms with E-state index in [-0.39, 0.29) is 5.56 Å².